The van der Waals surface area contributed by atoms with E-state index in [9.17, 15) is 12.9 Å². The van der Waals surface area contributed by atoms with E-state index in [1.54, 1.807) is 12.1 Å². The summed E-state index contributed by atoms with van der Waals surface area (Å²) in [5.74, 6) is 0. The second-order valence-corrected chi connectivity index (χ2v) is 4.65. The van der Waals surface area contributed by atoms with Gasteiger partial charge in [-0.3, -0.25) is 4.90 Å². The standard InChI is InChI=1S/C12H16BF3N.K/c14-13(15,16)12-6-4-11(5-7-12)10-17-8-2-1-3-9-17;/h4-7H,1-3,8-10H2;/q-1;+1. The molecule has 2 rings (SSSR count). The fourth-order valence-electron chi connectivity index (χ4n) is 2.22. The first-order valence-electron chi connectivity index (χ1n) is 6.07. The van der Waals surface area contributed by atoms with E-state index in [1.165, 1.54) is 31.4 Å². The fraction of sp³-hybridized carbons (Fsp3) is 0.500. The van der Waals surface area contributed by atoms with Gasteiger partial charge in [0.2, 0.25) is 0 Å². The molecule has 0 aliphatic carbocycles. The van der Waals surface area contributed by atoms with Crippen LogP contribution in [0.25, 0.3) is 0 Å². The van der Waals surface area contributed by atoms with Gasteiger partial charge in [0.25, 0.3) is 0 Å². The molecule has 1 fully saturated rings. The van der Waals surface area contributed by atoms with Gasteiger partial charge in [-0.15, -0.1) is 5.46 Å². The molecule has 0 amide bonds. The number of halogens is 3. The number of nitrogens with zero attached hydrogens (tertiary/aromatic N) is 1. The van der Waals surface area contributed by atoms with Crippen molar-refractivity contribution in [3.63, 3.8) is 0 Å². The third kappa shape index (κ3) is 4.98. The van der Waals surface area contributed by atoms with E-state index in [2.05, 4.69) is 4.90 Å². The smallest absolute Gasteiger partial charge is 0.445 e. The second-order valence-electron chi connectivity index (χ2n) is 4.65. The largest absolute Gasteiger partial charge is 1.00 e. The molecule has 0 aromatic heterocycles. The summed E-state index contributed by atoms with van der Waals surface area (Å²) in [6.07, 6.45) is 3.67. The third-order valence-electron chi connectivity index (χ3n) is 3.21. The molecule has 1 aliphatic heterocycles. The van der Waals surface area contributed by atoms with Crippen molar-refractivity contribution < 1.29 is 64.3 Å². The van der Waals surface area contributed by atoms with Gasteiger partial charge < -0.3 is 12.9 Å². The number of hydrogen-bond acceptors (Lipinski definition) is 1. The first-order valence-corrected chi connectivity index (χ1v) is 6.07. The molecule has 1 nitrogen and oxygen atoms in total. The van der Waals surface area contributed by atoms with E-state index >= 15 is 0 Å². The summed E-state index contributed by atoms with van der Waals surface area (Å²) in [7, 11) is 0. The predicted molar refractivity (Wildman–Crippen MR) is 64.3 cm³/mol. The molecule has 0 bridgehead atoms. The minimum absolute atomic E-state index is 0. The van der Waals surface area contributed by atoms with Gasteiger partial charge in [0.15, 0.2) is 0 Å². The second kappa shape index (κ2) is 7.45. The van der Waals surface area contributed by atoms with E-state index < -0.39 is 12.4 Å². The summed E-state index contributed by atoms with van der Waals surface area (Å²) in [5, 5.41) is 0. The average molecular weight is 281 g/mol. The molecule has 1 heterocycles. The minimum atomic E-state index is -4.86. The van der Waals surface area contributed by atoms with E-state index in [-0.39, 0.29) is 51.4 Å². The van der Waals surface area contributed by atoms with Crippen LogP contribution in [0.2, 0.25) is 0 Å². The Bertz CT molecular complexity index is 361. The Balaban J connectivity index is 0.00000162. The first-order chi connectivity index (χ1) is 8.05. The van der Waals surface area contributed by atoms with E-state index in [0.717, 1.165) is 25.2 Å². The molecule has 0 spiro atoms. The Hall–Kier alpha value is 0.671. The van der Waals surface area contributed by atoms with Crippen molar-refractivity contribution in [2.45, 2.75) is 25.8 Å². The molecule has 1 saturated heterocycles. The van der Waals surface area contributed by atoms with Crippen LogP contribution in [0, 0.1) is 0 Å². The Morgan fingerprint density at radius 2 is 1.50 bits per heavy atom. The van der Waals surface area contributed by atoms with Crippen LogP contribution in [-0.2, 0) is 6.54 Å². The third-order valence-corrected chi connectivity index (χ3v) is 3.21. The summed E-state index contributed by atoms with van der Waals surface area (Å²) >= 11 is 0. The van der Waals surface area contributed by atoms with Gasteiger partial charge in [-0.25, -0.2) is 0 Å². The molecule has 1 aromatic rings. The van der Waals surface area contributed by atoms with Crippen LogP contribution in [0.1, 0.15) is 24.8 Å². The normalized spacial score (nSPS) is 17.3. The number of likely N-dealkylation sites (tertiary alicyclic amines) is 1. The fourth-order valence-corrected chi connectivity index (χ4v) is 2.22. The van der Waals surface area contributed by atoms with Crippen molar-refractivity contribution in [1.29, 1.82) is 0 Å². The van der Waals surface area contributed by atoms with Crippen LogP contribution in [0.15, 0.2) is 24.3 Å². The number of rotatable bonds is 3. The van der Waals surface area contributed by atoms with Gasteiger partial charge in [0.05, 0.1) is 0 Å². The summed E-state index contributed by atoms with van der Waals surface area (Å²) < 4.78 is 37.3. The maximum atomic E-state index is 12.4. The molecule has 94 valence electrons. The van der Waals surface area contributed by atoms with Gasteiger partial charge in [-0.2, -0.15) is 0 Å². The Labute approximate surface area is 149 Å². The molecule has 0 saturated carbocycles. The van der Waals surface area contributed by atoms with Crippen molar-refractivity contribution in [1.82, 2.24) is 4.90 Å². The molecule has 1 aliphatic rings. The van der Waals surface area contributed by atoms with Crippen molar-refractivity contribution in [3.05, 3.63) is 29.8 Å². The monoisotopic (exact) mass is 281 g/mol. The summed E-state index contributed by atoms with van der Waals surface area (Å²) in [6, 6.07) is 5.58. The molecule has 0 N–H and O–H groups in total. The van der Waals surface area contributed by atoms with Crippen molar-refractivity contribution in [2.75, 3.05) is 13.1 Å². The summed E-state index contributed by atoms with van der Waals surface area (Å²) in [4.78, 5) is 2.30. The van der Waals surface area contributed by atoms with Crippen LogP contribution in [-0.4, -0.2) is 25.0 Å². The molecule has 1 aromatic carbocycles. The first kappa shape index (κ1) is 16.7. The van der Waals surface area contributed by atoms with Crippen molar-refractivity contribution in [3.8, 4) is 0 Å². The van der Waals surface area contributed by atoms with Gasteiger partial charge in [0.1, 0.15) is 0 Å². The van der Waals surface area contributed by atoms with Crippen molar-refractivity contribution >= 4 is 12.4 Å². The van der Waals surface area contributed by atoms with E-state index in [1.807, 2.05) is 0 Å². The predicted octanol–water partition coefficient (Wildman–Crippen LogP) is -0.269. The Kier molecular flexibility index (Phi) is 6.92. The number of piperidine rings is 1. The van der Waals surface area contributed by atoms with Gasteiger partial charge >= 0.3 is 58.4 Å². The van der Waals surface area contributed by atoms with Crippen LogP contribution in [0.5, 0.6) is 0 Å². The van der Waals surface area contributed by atoms with Crippen LogP contribution >= 0.6 is 0 Å². The zero-order valence-electron chi connectivity index (χ0n) is 10.7. The number of hydrogen-bond donors (Lipinski definition) is 0. The zero-order valence-corrected chi connectivity index (χ0v) is 13.8. The minimum Gasteiger partial charge on any atom is -0.445 e. The van der Waals surface area contributed by atoms with Crippen molar-refractivity contribution in [2.24, 2.45) is 0 Å². The topological polar surface area (TPSA) is 3.24 Å². The Morgan fingerprint density at radius 1 is 0.944 bits per heavy atom. The molecule has 0 radical (unpaired) electrons. The molecule has 0 unspecified atom stereocenters. The average Bonchev–Trinajstić information content (AvgIpc) is 2.30. The molecular formula is C12H16BF3KN. The maximum Gasteiger partial charge on any atom is 1.00 e. The van der Waals surface area contributed by atoms with Crippen LogP contribution in [0.3, 0.4) is 0 Å². The zero-order chi connectivity index (χ0) is 12.3. The maximum absolute atomic E-state index is 12.4. The summed E-state index contributed by atoms with van der Waals surface area (Å²) in [6.45, 7) is -1.97. The molecule has 0 atom stereocenters. The SMILES string of the molecule is F[B-](F)(F)c1ccc(CN2CCCCC2)cc1.[K+]. The van der Waals surface area contributed by atoms with E-state index in [4.69, 9.17) is 0 Å². The van der Waals surface area contributed by atoms with Crippen LogP contribution in [0.4, 0.5) is 12.9 Å². The quantitative estimate of drug-likeness (QED) is 0.690. The summed E-state index contributed by atoms with van der Waals surface area (Å²) in [5.41, 5.74) is 0.461. The molecular weight excluding hydrogens is 265 g/mol. The molecule has 6 heteroatoms. The van der Waals surface area contributed by atoms with Crippen LogP contribution < -0.4 is 56.8 Å². The van der Waals surface area contributed by atoms with Gasteiger partial charge in [-0.05, 0) is 31.5 Å². The van der Waals surface area contributed by atoms with Gasteiger partial charge in [-0.1, -0.05) is 30.7 Å². The van der Waals surface area contributed by atoms with E-state index in [0.29, 0.717) is 0 Å². The van der Waals surface area contributed by atoms with Gasteiger partial charge in [0, 0.05) is 6.54 Å². The number of benzene rings is 1. The Morgan fingerprint density at radius 3 is 2.00 bits per heavy atom. The molecule has 18 heavy (non-hydrogen) atoms.